The van der Waals surface area contributed by atoms with Crippen molar-refractivity contribution in [3.8, 4) is 6.07 Å². The molecule has 0 N–H and O–H groups in total. The molecule has 1 aromatic rings. The van der Waals surface area contributed by atoms with Gasteiger partial charge < -0.3 is 0 Å². The van der Waals surface area contributed by atoms with Crippen molar-refractivity contribution in [1.82, 2.24) is 0 Å². The number of nitriles is 1. The van der Waals surface area contributed by atoms with Gasteiger partial charge in [-0.3, -0.25) is 0 Å². The van der Waals surface area contributed by atoms with Gasteiger partial charge in [-0.1, -0.05) is 51.2 Å². The molecule has 0 atom stereocenters. The molecule has 0 amide bonds. The van der Waals surface area contributed by atoms with Gasteiger partial charge in [0.15, 0.2) is 0 Å². The monoisotopic (exact) mass is 323 g/mol. The van der Waals surface area contributed by atoms with Gasteiger partial charge in [-0.2, -0.15) is 5.26 Å². The summed E-state index contributed by atoms with van der Waals surface area (Å²) in [5, 5.41) is 8.87. The van der Waals surface area contributed by atoms with Crippen LogP contribution in [0.15, 0.2) is 24.3 Å². The van der Waals surface area contributed by atoms with Gasteiger partial charge >= 0.3 is 0 Å². The Balaban J connectivity index is 1.38. The Labute approximate surface area is 148 Å². The topological polar surface area (TPSA) is 23.8 Å². The van der Waals surface area contributed by atoms with E-state index in [0.717, 1.165) is 29.2 Å². The first kappa shape index (κ1) is 17.5. The highest BCUT2D eigenvalue weighted by Gasteiger charge is 2.30. The van der Waals surface area contributed by atoms with E-state index >= 15 is 0 Å². The number of rotatable bonds is 5. The maximum absolute atomic E-state index is 8.87. The average molecular weight is 324 g/mol. The fourth-order valence-electron chi connectivity index (χ4n) is 5.13. The number of hydrogen-bond donors (Lipinski definition) is 0. The molecule has 0 bridgehead atoms. The molecule has 3 rings (SSSR count). The van der Waals surface area contributed by atoms with Gasteiger partial charge in [0, 0.05) is 0 Å². The Hall–Kier alpha value is -1.29. The minimum atomic E-state index is 0.775. The van der Waals surface area contributed by atoms with Crippen LogP contribution in [-0.2, 0) is 6.42 Å². The van der Waals surface area contributed by atoms with Crippen LogP contribution in [0, 0.1) is 35.0 Å². The van der Waals surface area contributed by atoms with Gasteiger partial charge in [0.1, 0.15) is 0 Å². The molecule has 0 spiro atoms. The molecule has 1 aromatic carbocycles. The van der Waals surface area contributed by atoms with Gasteiger partial charge in [0.2, 0.25) is 0 Å². The summed E-state index contributed by atoms with van der Waals surface area (Å²) in [7, 11) is 0. The van der Waals surface area contributed by atoms with Crippen LogP contribution in [0.4, 0.5) is 0 Å². The molecule has 0 heterocycles. The minimum absolute atomic E-state index is 0.775. The highest BCUT2D eigenvalue weighted by Crippen LogP contribution is 2.42. The van der Waals surface area contributed by atoms with Gasteiger partial charge in [-0.05, 0) is 79.9 Å². The van der Waals surface area contributed by atoms with Gasteiger partial charge in [0.05, 0.1) is 11.6 Å². The molecule has 1 heteroatoms. The number of hydrogen-bond acceptors (Lipinski definition) is 1. The van der Waals surface area contributed by atoms with E-state index in [-0.39, 0.29) is 0 Å². The number of nitrogens with zero attached hydrogens (tertiary/aromatic N) is 1. The van der Waals surface area contributed by atoms with E-state index in [1.807, 2.05) is 12.1 Å². The largest absolute Gasteiger partial charge is 0.192 e. The molecule has 2 fully saturated rings. The van der Waals surface area contributed by atoms with Crippen molar-refractivity contribution in [3.63, 3.8) is 0 Å². The van der Waals surface area contributed by atoms with E-state index in [4.69, 9.17) is 5.26 Å². The Morgan fingerprint density at radius 3 is 1.88 bits per heavy atom. The first-order valence-electron chi connectivity index (χ1n) is 10.3. The number of aryl methyl sites for hydroxylation is 1. The third kappa shape index (κ3) is 4.62. The highest BCUT2D eigenvalue weighted by atomic mass is 14.4. The van der Waals surface area contributed by atoms with E-state index < -0.39 is 0 Å². The molecule has 2 aliphatic carbocycles. The Kier molecular flexibility index (Phi) is 6.36. The van der Waals surface area contributed by atoms with E-state index in [9.17, 15) is 0 Å². The summed E-state index contributed by atoms with van der Waals surface area (Å²) in [4.78, 5) is 0. The first-order valence-corrected chi connectivity index (χ1v) is 10.3. The lowest BCUT2D eigenvalue weighted by Gasteiger charge is -2.37. The van der Waals surface area contributed by atoms with Crippen LogP contribution in [0.1, 0.15) is 82.3 Å². The number of benzene rings is 1. The Morgan fingerprint density at radius 1 is 0.833 bits per heavy atom. The standard InChI is InChI=1S/C23H33N/c1-2-18-9-13-22(14-10-18)23-15-11-20(12-16-23)4-3-19-5-7-21(17-24)8-6-19/h5-8,18,20,22-23H,2-4,9-16H2,1H3/t18-,20-,22-,23-. The van der Waals surface area contributed by atoms with Gasteiger partial charge in [0.25, 0.3) is 0 Å². The zero-order chi connectivity index (χ0) is 16.8. The molecule has 0 unspecified atom stereocenters. The maximum Gasteiger partial charge on any atom is 0.0991 e. The molecule has 0 radical (unpaired) electrons. The summed E-state index contributed by atoms with van der Waals surface area (Å²) in [6.45, 7) is 2.37. The second-order valence-electron chi connectivity index (χ2n) is 8.32. The van der Waals surface area contributed by atoms with Crippen molar-refractivity contribution in [2.45, 2.75) is 77.6 Å². The summed E-state index contributed by atoms with van der Waals surface area (Å²) in [5.74, 6) is 4.05. The lowest BCUT2D eigenvalue weighted by molar-refractivity contribution is 0.142. The fourth-order valence-corrected chi connectivity index (χ4v) is 5.13. The highest BCUT2D eigenvalue weighted by molar-refractivity contribution is 5.31. The molecule has 2 aliphatic rings. The molecule has 0 saturated heterocycles. The first-order chi connectivity index (χ1) is 11.8. The molecular weight excluding hydrogens is 290 g/mol. The zero-order valence-electron chi connectivity index (χ0n) is 15.3. The lowest BCUT2D eigenvalue weighted by atomic mass is 9.68. The van der Waals surface area contributed by atoms with Crippen LogP contribution in [-0.4, -0.2) is 0 Å². The second-order valence-corrected chi connectivity index (χ2v) is 8.32. The van der Waals surface area contributed by atoms with Crippen LogP contribution in [0.2, 0.25) is 0 Å². The average Bonchev–Trinajstić information content (AvgIpc) is 2.67. The minimum Gasteiger partial charge on any atom is -0.192 e. The van der Waals surface area contributed by atoms with Crippen LogP contribution in [0.3, 0.4) is 0 Å². The third-order valence-corrected chi connectivity index (χ3v) is 6.95. The Bertz CT molecular complexity index is 522. The predicted molar refractivity (Wildman–Crippen MR) is 101 cm³/mol. The van der Waals surface area contributed by atoms with E-state index in [1.54, 1.807) is 0 Å². The van der Waals surface area contributed by atoms with Crippen molar-refractivity contribution >= 4 is 0 Å². The van der Waals surface area contributed by atoms with Gasteiger partial charge in [-0.15, -0.1) is 0 Å². The summed E-state index contributed by atoms with van der Waals surface area (Å²) in [6, 6.07) is 10.4. The lowest BCUT2D eigenvalue weighted by Crippen LogP contribution is -2.25. The molecule has 2 saturated carbocycles. The summed E-state index contributed by atoms with van der Waals surface area (Å²) in [6.07, 6.45) is 15.8. The molecule has 1 nitrogen and oxygen atoms in total. The summed E-state index contributed by atoms with van der Waals surface area (Å²) in [5.41, 5.74) is 2.17. The van der Waals surface area contributed by atoms with Gasteiger partial charge in [-0.25, -0.2) is 0 Å². The van der Waals surface area contributed by atoms with Crippen molar-refractivity contribution in [2.75, 3.05) is 0 Å². The predicted octanol–water partition coefficient (Wildman–Crippen LogP) is 6.51. The SMILES string of the molecule is CC[C@H]1CC[C@H]([C@H]2CC[C@H](CCc3ccc(C#N)cc3)CC2)CC1. The zero-order valence-corrected chi connectivity index (χ0v) is 15.3. The fraction of sp³-hybridized carbons (Fsp3) is 0.696. The molecule has 24 heavy (non-hydrogen) atoms. The Morgan fingerprint density at radius 2 is 1.38 bits per heavy atom. The molecular formula is C23H33N. The van der Waals surface area contributed by atoms with E-state index in [2.05, 4.69) is 25.1 Å². The van der Waals surface area contributed by atoms with Crippen molar-refractivity contribution in [3.05, 3.63) is 35.4 Å². The van der Waals surface area contributed by atoms with Crippen LogP contribution < -0.4 is 0 Å². The molecule has 0 aliphatic heterocycles. The second kappa shape index (κ2) is 8.70. The summed E-state index contributed by atoms with van der Waals surface area (Å²) >= 11 is 0. The van der Waals surface area contributed by atoms with Crippen molar-refractivity contribution in [2.24, 2.45) is 23.7 Å². The van der Waals surface area contributed by atoms with Crippen molar-refractivity contribution in [1.29, 1.82) is 5.26 Å². The maximum atomic E-state index is 8.87. The van der Waals surface area contributed by atoms with E-state index in [1.165, 1.54) is 76.2 Å². The van der Waals surface area contributed by atoms with Crippen LogP contribution >= 0.6 is 0 Å². The smallest absolute Gasteiger partial charge is 0.0991 e. The summed E-state index contributed by atoms with van der Waals surface area (Å²) < 4.78 is 0. The molecule has 130 valence electrons. The van der Waals surface area contributed by atoms with Crippen molar-refractivity contribution < 1.29 is 0 Å². The van der Waals surface area contributed by atoms with Crippen LogP contribution in [0.5, 0.6) is 0 Å². The van der Waals surface area contributed by atoms with Crippen LogP contribution in [0.25, 0.3) is 0 Å². The normalized spacial score (nSPS) is 30.7. The molecule has 0 aromatic heterocycles. The third-order valence-electron chi connectivity index (χ3n) is 6.95. The quantitative estimate of drug-likeness (QED) is 0.605. The van der Waals surface area contributed by atoms with E-state index in [0.29, 0.717) is 0 Å².